The largest absolute Gasteiger partial charge is 0.479 e. The van der Waals surface area contributed by atoms with Crippen LogP contribution in [0.15, 0.2) is 60.8 Å². The van der Waals surface area contributed by atoms with E-state index >= 15 is 0 Å². The van der Waals surface area contributed by atoms with Gasteiger partial charge in [-0.2, -0.15) is 0 Å². The Labute approximate surface area is 443 Å². The molecule has 6 atom stereocenters. The summed E-state index contributed by atoms with van der Waals surface area (Å²) in [6.45, 7) is 5.83. The van der Waals surface area contributed by atoms with Crippen molar-refractivity contribution in [2.24, 2.45) is 0 Å². The summed E-state index contributed by atoms with van der Waals surface area (Å²) in [6.07, 6.45) is 47.7. The number of rotatable bonds is 49. The monoisotopic (exact) mass is 1030 g/mol. The Morgan fingerprint density at radius 1 is 0.466 bits per heavy atom. The number of allylic oxidation sites excluding steroid dienone is 10. The van der Waals surface area contributed by atoms with Gasteiger partial charge < -0.3 is 39.0 Å². The Balaban J connectivity index is 2.67. The Morgan fingerprint density at radius 2 is 0.863 bits per heavy atom. The van der Waals surface area contributed by atoms with Gasteiger partial charge in [-0.1, -0.05) is 210 Å². The minimum Gasteiger partial charge on any atom is -0.479 e. The quantitative estimate of drug-likeness (QED) is 0.0228. The molecular formula is C61H104O12. The first-order valence-electron chi connectivity index (χ1n) is 29.3. The van der Waals surface area contributed by atoms with Gasteiger partial charge in [-0.25, -0.2) is 4.79 Å². The summed E-state index contributed by atoms with van der Waals surface area (Å²) in [5.74, 6) is -3.15. The van der Waals surface area contributed by atoms with Crippen molar-refractivity contribution in [3.05, 3.63) is 60.8 Å². The number of carboxylic acids is 1. The van der Waals surface area contributed by atoms with E-state index in [9.17, 15) is 34.5 Å². The molecule has 420 valence electrons. The van der Waals surface area contributed by atoms with Gasteiger partial charge in [-0.15, -0.1) is 0 Å². The van der Waals surface area contributed by atoms with Crippen molar-refractivity contribution in [1.82, 2.24) is 0 Å². The van der Waals surface area contributed by atoms with Crippen molar-refractivity contribution in [1.29, 1.82) is 0 Å². The van der Waals surface area contributed by atoms with E-state index in [1.807, 2.05) is 0 Å². The van der Waals surface area contributed by atoms with Crippen molar-refractivity contribution in [3.63, 3.8) is 0 Å². The molecule has 1 heterocycles. The van der Waals surface area contributed by atoms with Crippen LogP contribution in [0.25, 0.3) is 0 Å². The first-order valence-corrected chi connectivity index (χ1v) is 29.3. The molecule has 1 aliphatic rings. The molecule has 0 spiro atoms. The summed E-state index contributed by atoms with van der Waals surface area (Å²) in [4.78, 5) is 51.0. The molecule has 3 N–H and O–H groups in total. The molecule has 0 aromatic carbocycles. The highest BCUT2D eigenvalue weighted by atomic mass is 16.7. The molecule has 0 amide bonds. The fourth-order valence-corrected chi connectivity index (χ4v) is 8.59. The third kappa shape index (κ3) is 39.5. The van der Waals surface area contributed by atoms with Crippen LogP contribution in [-0.2, 0) is 42.9 Å². The van der Waals surface area contributed by atoms with Crippen LogP contribution in [0.5, 0.6) is 0 Å². The lowest BCUT2D eigenvalue weighted by molar-refractivity contribution is -0.301. The maximum atomic E-state index is 13.1. The van der Waals surface area contributed by atoms with Gasteiger partial charge in [0.1, 0.15) is 18.8 Å². The lowest BCUT2D eigenvalue weighted by Crippen LogP contribution is -2.61. The molecule has 1 aliphatic heterocycles. The van der Waals surface area contributed by atoms with Crippen LogP contribution < -0.4 is 0 Å². The third-order valence-electron chi connectivity index (χ3n) is 13.1. The topological polar surface area (TPSA) is 175 Å². The summed E-state index contributed by atoms with van der Waals surface area (Å²) >= 11 is 0. The second-order valence-corrected chi connectivity index (χ2v) is 19.9. The molecule has 0 aromatic rings. The van der Waals surface area contributed by atoms with Gasteiger partial charge >= 0.3 is 23.9 Å². The van der Waals surface area contributed by atoms with Crippen LogP contribution in [0, 0.1) is 0 Å². The van der Waals surface area contributed by atoms with Crippen LogP contribution in [0.1, 0.15) is 252 Å². The van der Waals surface area contributed by atoms with Crippen molar-refractivity contribution in [3.8, 4) is 0 Å². The molecule has 12 heteroatoms. The lowest BCUT2D eigenvalue weighted by atomic mass is 9.98. The molecule has 1 fully saturated rings. The summed E-state index contributed by atoms with van der Waals surface area (Å²) in [7, 11) is 0. The number of hydrogen-bond acceptors (Lipinski definition) is 11. The molecule has 12 nitrogen and oxygen atoms in total. The van der Waals surface area contributed by atoms with E-state index in [-0.39, 0.29) is 25.9 Å². The number of aliphatic hydroxyl groups excluding tert-OH is 2. The standard InChI is InChI=1S/C61H104O12/c1-4-7-10-13-16-19-22-24-25-26-27-28-29-31-33-35-38-41-44-47-53(62)69-50-52(71-54(63)48-45-42-39-36-32-21-18-15-12-9-6-3)51-70-61-59(57(66)56(65)58(73-61)60(67)68)72-55(64)49-46-43-40-37-34-30-23-20-17-14-11-8-5-2/h8,11,16-17,19-20,24-25,30,34,52,56-59,61,65-66H,4-7,9-10,12-15,18,21-23,26-29,31-33,35-51H2,1-3H3,(H,67,68)/b11-8-,19-16-,20-17-,25-24-,34-30-. The number of hydrogen-bond donors (Lipinski definition) is 3. The van der Waals surface area contributed by atoms with E-state index in [0.29, 0.717) is 19.3 Å². The lowest BCUT2D eigenvalue weighted by Gasteiger charge is -2.40. The number of carboxylic acid groups (broad SMARTS) is 1. The van der Waals surface area contributed by atoms with Crippen molar-refractivity contribution in [2.75, 3.05) is 13.2 Å². The van der Waals surface area contributed by atoms with Gasteiger partial charge in [0.05, 0.1) is 6.61 Å². The normalized spacial score (nSPS) is 18.7. The number of unbranched alkanes of at least 4 members (excludes halogenated alkanes) is 25. The fraction of sp³-hybridized carbons (Fsp3) is 0.770. The molecule has 73 heavy (non-hydrogen) atoms. The zero-order valence-corrected chi connectivity index (χ0v) is 46.1. The second kappa shape index (κ2) is 49.3. The number of aliphatic carboxylic acids is 1. The van der Waals surface area contributed by atoms with Gasteiger partial charge in [-0.05, 0) is 83.5 Å². The molecule has 0 saturated carbocycles. The predicted octanol–water partition coefficient (Wildman–Crippen LogP) is 14.8. The Kier molecular flexibility index (Phi) is 45.5. The van der Waals surface area contributed by atoms with Crippen molar-refractivity contribution < 1.29 is 58.2 Å². The summed E-state index contributed by atoms with van der Waals surface area (Å²) in [6, 6.07) is 0. The molecule has 0 aliphatic carbocycles. The highest BCUT2D eigenvalue weighted by Gasteiger charge is 2.50. The minimum absolute atomic E-state index is 0.0254. The molecule has 0 aromatic heterocycles. The zero-order chi connectivity index (χ0) is 53.3. The fourth-order valence-electron chi connectivity index (χ4n) is 8.59. The van der Waals surface area contributed by atoms with Crippen molar-refractivity contribution >= 4 is 23.9 Å². The Bertz CT molecular complexity index is 1500. The molecule has 1 saturated heterocycles. The Morgan fingerprint density at radius 3 is 1.36 bits per heavy atom. The molecule has 6 unspecified atom stereocenters. The van der Waals surface area contributed by atoms with E-state index in [0.717, 1.165) is 89.9 Å². The van der Waals surface area contributed by atoms with Crippen LogP contribution >= 0.6 is 0 Å². The maximum absolute atomic E-state index is 13.1. The molecular weight excluding hydrogens is 925 g/mol. The van der Waals surface area contributed by atoms with E-state index in [4.69, 9.17) is 23.7 Å². The average molecular weight is 1030 g/mol. The minimum atomic E-state index is -1.91. The number of ether oxygens (including phenoxy) is 5. The van der Waals surface area contributed by atoms with Crippen LogP contribution in [-0.4, -0.2) is 89.2 Å². The zero-order valence-electron chi connectivity index (χ0n) is 46.1. The molecule has 0 bridgehead atoms. The average Bonchev–Trinajstić information content (AvgIpc) is 3.37. The first kappa shape index (κ1) is 67.4. The van der Waals surface area contributed by atoms with Gasteiger partial charge in [0.15, 0.2) is 24.6 Å². The first-order chi connectivity index (χ1) is 35.6. The van der Waals surface area contributed by atoms with E-state index in [1.165, 1.54) is 103 Å². The van der Waals surface area contributed by atoms with Gasteiger partial charge in [0, 0.05) is 19.3 Å². The van der Waals surface area contributed by atoms with Gasteiger partial charge in [0.25, 0.3) is 0 Å². The van der Waals surface area contributed by atoms with E-state index in [1.54, 1.807) is 0 Å². The highest BCUT2D eigenvalue weighted by molar-refractivity contribution is 5.74. The smallest absolute Gasteiger partial charge is 0.335 e. The number of carbonyl (C=O) groups is 4. The summed E-state index contributed by atoms with van der Waals surface area (Å²) in [5.41, 5.74) is 0. The van der Waals surface area contributed by atoms with Crippen LogP contribution in [0.2, 0.25) is 0 Å². The van der Waals surface area contributed by atoms with Gasteiger partial charge in [-0.3, -0.25) is 14.4 Å². The Hall–Kier alpha value is -3.58. The predicted molar refractivity (Wildman–Crippen MR) is 294 cm³/mol. The number of carbonyl (C=O) groups excluding carboxylic acids is 3. The summed E-state index contributed by atoms with van der Waals surface area (Å²) < 4.78 is 28.4. The number of esters is 3. The van der Waals surface area contributed by atoms with E-state index in [2.05, 4.69) is 81.5 Å². The molecule has 1 rings (SSSR count). The van der Waals surface area contributed by atoms with Gasteiger partial charge in [0.2, 0.25) is 0 Å². The van der Waals surface area contributed by atoms with Crippen molar-refractivity contribution in [2.45, 2.75) is 289 Å². The third-order valence-corrected chi connectivity index (χ3v) is 13.1. The SMILES string of the molecule is CC/C=C\C/C=C\C/C=C\CCCCCC(=O)OC1C(OCC(COC(=O)CCCCCCCCCCC/C=C\C/C=C\CCCCC)OC(=O)CCCCCCCCCCCCC)OC(C(=O)O)C(O)C1O. The highest BCUT2D eigenvalue weighted by Crippen LogP contribution is 2.26. The van der Waals surface area contributed by atoms with Crippen LogP contribution in [0.3, 0.4) is 0 Å². The number of aliphatic hydroxyl groups is 2. The maximum Gasteiger partial charge on any atom is 0.335 e. The van der Waals surface area contributed by atoms with E-state index < -0.39 is 67.3 Å². The van der Waals surface area contributed by atoms with Crippen LogP contribution in [0.4, 0.5) is 0 Å². The summed E-state index contributed by atoms with van der Waals surface area (Å²) in [5, 5.41) is 31.4. The second-order valence-electron chi connectivity index (χ2n) is 19.9. The molecule has 0 radical (unpaired) electrons.